The van der Waals surface area contributed by atoms with Crippen LogP contribution in [0.15, 0.2) is 18.3 Å². The third kappa shape index (κ3) is 3.85. The van der Waals surface area contributed by atoms with Crippen LogP contribution < -0.4 is 10.6 Å². The highest BCUT2D eigenvalue weighted by molar-refractivity contribution is 5.73. The molecule has 2 rings (SSSR count). The van der Waals surface area contributed by atoms with Crippen LogP contribution in [0.5, 0.6) is 0 Å². The first kappa shape index (κ1) is 14.6. The van der Waals surface area contributed by atoms with Crippen LogP contribution in [0.4, 0.5) is 11.5 Å². The number of esters is 1. The lowest BCUT2D eigenvalue weighted by Crippen LogP contribution is -2.38. The Balaban J connectivity index is 1.89. The zero-order valence-corrected chi connectivity index (χ0v) is 12.4. The second-order valence-electron chi connectivity index (χ2n) is 6.24. The fraction of sp³-hybridized carbons (Fsp3) is 0.600. The number of hydrogen-bond acceptors (Lipinski definition) is 5. The molecule has 1 fully saturated rings. The normalized spacial score (nSPS) is 17.1. The van der Waals surface area contributed by atoms with Crippen molar-refractivity contribution in [1.29, 1.82) is 0 Å². The van der Waals surface area contributed by atoms with E-state index in [0.29, 0.717) is 5.82 Å². The molecule has 0 radical (unpaired) electrons. The fourth-order valence-corrected chi connectivity index (χ4v) is 2.34. The molecule has 5 heteroatoms. The molecule has 110 valence electrons. The summed E-state index contributed by atoms with van der Waals surface area (Å²) in [6.07, 6.45) is 3.42. The summed E-state index contributed by atoms with van der Waals surface area (Å²) in [5.74, 6) is 0.456. The van der Waals surface area contributed by atoms with E-state index in [2.05, 4.69) is 9.88 Å². The van der Waals surface area contributed by atoms with Gasteiger partial charge in [-0.15, -0.1) is 0 Å². The molecule has 1 aliphatic rings. The highest BCUT2D eigenvalue weighted by Crippen LogP contribution is 2.25. The highest BCUT2D eigenvalue weighted by atomic mass is 16.6. The lowest BCUT2D eigenvalue weighted by molar-refractivity contribution is -0.160. The molecule has 0 saturated carbocycles. The first-order chi connectivity index (χ1) is 9.35. The van der Waals surface area contributed by atoms with Gasteiger partial charge in [-0.1, -0.05) is 0 Å². The zero-order valence-electron chi connectivity index (χ0n) is 12.4. The minimum absolute atomic E-state index is 0.00668. The Morgan fingerprint density at radius 3 is 2.50 bits per heavy atom. The maximum absolute atomic E-state index is 12.0. The zero-order chi connectivity index (χ0) is 14.8. The number of pyridine rings is 1. The van der Waals surface area contributed by atoms with E-state index in [-0.39, 0.29) is 11.9 Å². The van der Waals surface area contributed by atoms with Crippen molar-refractivity contribution >= 4 is 17.5 Å². The number of nitrogens with two attached hydrogens (primary N) is 1. The largest absolute Gasteiger partial charge is 0.460 e. The van der Waals surface area contributed by atoms with Gasteiger partial charge in [-0.25, -0.2) is 4.98 Å². The number of nitrogen functional groups attached to an aromatic ring is 1. The summed E-state index contributed by atoms with van der Waals surface area (Å²) in [5, 5.41) is 0. The number of piperidine rings is 1. The Bertz CT molecular complexity index is 457. The molecular weight excluding hydrogens is 254 g/mol. The average Bonchev–Trinajstić information content (AvgIpc) is 2.38. The van der Waals surface area contributed by atoms with E-state index >= 15 is 0 Å². The lowest BCUT2D eigenvalue weighted by Gasteiger charge is -2.33. The monoisotopic (exact) mass is 277 g/mol. The molecule has 0 aliphatic carbocycles. The van der Waals surface area contributed by atoms with Gasteiger partial charge in [0.05, 0.1) is 17.8 Å². The van der Waals surface area contributed by atoms with Crippen molar-refractivity contribution in [1.82, 2.24) is 4.98 Å². The van der Waals surface area contributed by atoms with Crippen LogP contribution >= 0.6 is 0 Å². The molecule has 5 nitrogen and oxygen atoms in total. The van der Waals surface area contributed by atoms with Gasteiger partial charge in [-0.2, -0.15) is 0 Å². The van der Waals surface area contributed by atoms with Gasteiger partial charge in [0.25, 0.3) is 0 Å². The first-order valence-electron chi connectivity index (χ1n) is 7.04. The summed E-state index contributed by atoms with van der Waals surface area (Å²) >= 11 is 0. The molecule has 20 heavy (non-hydrogen) atoms. The number of hydrogen-bond donors (Lipinski definition) is 1. The second kappa shape index (κ2) is 5.69. The molecule has 0 spiro atoms. The van der Waals surface area contributed by atoms with Gasteiger partial charge >= 0.3 is 5.97 Å². The number of ether oxygens (including phenoxy) is 1. The standard InChI is InChI=1S/C15H23N3O2/c1-15(2,3)20-14(19)11-6-8-18(9-7-11)12-4-5-13(16)17-10-12/h4-5,10-11H,6-9H2,1-3H3,(H2,16,17). The summed E-state index contributed by atoms with van der Waals surface area (Å²) in [4.78, 5) is 18.4. The average molecular weight is 277 g/mol. The van der Waals surface area contributed by atoms with Gasteiger partial charge in [0.15, 0.2) is 0 Å². The van der Waals surface area contributed by atoms with E-state index in [1.165, 1.54) is 0 Å². The second-order valence-corrected chi connectivity index (χ2v) is 6.24. The van der Waals surface area contributed by atoms with Crippen molar-refractivity contribution in [2.24, 2.45) is 5.92 Å². The molecule has 0 bridgehead atoms. The number of anilines is 2. The minimum Gasteiger partial charge on any atom is -0.460 e. The van der Waals surface area contributed by atoms with Crippen LogP contribution in [0.2, 0.25) is 0 Å². The van der Waals surface area contributed by atoms with Crippen LogP contribution in [0.1, 0.15) is 33.6 Å². The van der Waals surface area contributed by atoms with Crippen LogP contribution in [-0.2, 0) is 9.53 Å². The number of aromatic nitrogens is 1. The molecule has 1 aromatic rings. The first-order valence-corrected chi connectivity index (χ1v) is 7.04. The molecule has 0 atom stereocenters. The number of nitrogens with zero attached hydrogens (tertiary/aromatic N) is 2. The molecule has 2 heterocycles. The topological polar surface area (TPSA) is 68.5 Å². The molecule has 1 aliphatic heterocycles. The van der Waals surface area contributed by atoms with Crippen molar-refractivity contribution in [2.45, 2.75) is 39.2 Å². The quantitative estimate of drug-likeness (QED) is 0.839. The number of carbonyl (C=O) groups excluding carboxylic acids is 1. The molecule has 0 aromatic carbocycles. The predicted molar refractivity (Wildman–Crippen MR) is 79.4 cm³/mol. The molecule has 2 N–H and O–H groups in total. The Morgan fingerprint density at radius 2 is 2.00 bits per heavy atom. The van der Waals surface area contributed by atoms with Crippen molar-refractivity contribution in [3.63, 3.8) is 0 Å². The molecule has 1 aromatic heterocycles. The van der Waals surface area contributed by atoms with E-state index in [4.69, 9.17) is 10.5 Å². The van der Waals surface area contributed by atoms with Crippen molar-refractivity contribution in [2.75, 3.05) is 23.7 Å². The fourth-order valence-electron chi connectivity index (χ4n) is 2.34. The SMILES string of the molecule is CC(C)(C)OC(=O)C1CCN(c2ccc(N)nc2)CC1. The third-order valence-electron chi connectivity index (χ3n) is 3.37. The molecule has 1 saturated heterocycles. The van der Waals surface area contributed by atoms with E-state index in [9.17, 15) is 4.79 Å². The summed E-state index contributed by atoms with van der Waals surface area (Å²) in [6.45, 7) is 7.39. The van der Waals surface area contributed by atoms with Crippen LogP contribution in [0.25, 0.3) is 0 Å². The Labute approximate surface area is 120 Å². The molecule has 0 unspecified atom stereocenters. The van der Waals surface area contributed by atoms with Crippen molar-refractivity contribution < 1.29 is 9.53 Å². The summed E-state index contributed by atoms with van der Waals surface area (Å²) in [7, 11) is 0. The predicted octanol–water partition coefficient (Wildman–Crippen LogP) is 2.22. The van der Waals surface area contributed by atoms with Gasteiger partial charge in [0, 0.05) is 13.1 Å². The van der Waals surface area contributed by atoms with E-state index in [0.717, 1.165) is 31.6 Å². The minimum atomic E-state index is -0.408. The summed E-state index contributed by atoms with van der Waals surface area (Å²) in [5.41, 5.74) is 6.24. The van der Waals surface area contributed by atoms with Crippen molar-refractivity contribution in [3.05, 3.63) is 18.3 Å². The maximum Gasteiger partial charge on any atom is 0.309 e. The Kier molecular flexibility index (Phi) is 4.16. The van der Waals surface area contributed by atoms with Gasteiger partial charge in [-0.05, 0) is 45.7 Å². The Hall–Kier alpha value is -1.78. The van der Waals surface area contributed by atoms with Gasteiger partial charge < -0.3 is 15.4 Å². The van der Waals surface area contributed by atoms with Crippen LogP contribution in [0.3, 0.4) is 0 Å². The van der Waals surface area contributed by atoms with Crippen molar-refractivity contribution in [3.8, 4) is 0 Å². The van der Waals surface area contributed by atoms with Gasteiger partial charge in [-0.3, -0.25) is 4.79 Å². The van der Waals surface area contributed by atoms with Gasteiger partial charge in [0.2, 0.25) is 0 Å². The van der Waals surface area contributed by atoms with E-state index < -0.39 is 5.60 Å². The summed E-state index contributed by atoms with van der Waals surface area (Å²) in [6, 6.07) is 3.77. The number of rotatable bonds is 2. The number of carbonyl (C=O) groups is 1. The van der Waals surface area contributed by atoms with Gasteiger partial charge in [0.1, 0.15) is 11.4 Å². The van der Waals surface area contributed by atoms with E-state index in [1.54, 1.807) is 12.3 Å². The Morgan fingerprint density at radius 1 is 1.35 bits per heavy atom. The smallest absolute Gasteiger partial charge is 0.309 e. The lowest BCUT2D eigenvalue weighted by atomic mass is 9.96. The van der Waals surface area contributed by atoms with E-state index in [1.807, 2.05) is 26.8 Å². The third-order valence-corrected chi connectivity index (χ3v) is 3.37. The molecule has 0 amide bonds. The van der Waals surface area contributed by atoms with Crippen LogP contribution in [-0.4, -0.2) is 29.6 Å². The maximum atomic E-state index is 12.0. The van der Waals surface area contributed by atoms with Crippen LogP contribution in [0, 0.1) is 5.92 Å². The highest BCUT2D eigenvalue weighted by Gasteiger charge is 2.29. The molecular formula is C15H23N3O2. The summed E-state index contributed by atoms with van der Waals surface area (Å²) < 4.78 is 5.45.